The summed E-state index contributed by atoms with van der Waals surface area (Å²) < 4.78 is 19.5. The van der Waals surface area contributed by atoms with Crippen LogP contribution < -0.4 is 10.6 Å². The molecule has 1 amide bonds. The van der Waals surface area contributed by atoms with Crippen LogP contribution in [-0.4, -0.2) is 49.2 Å². The molecule has 7 nitrogen and oxygen atoms in total. The highest BCUT2D eigenvalue weighted by Crippen LogP contribution is 2.71. The fraction of sp³-hybridized carbons (Fsp3) is 0.944. The van der Waals surface area contributed by atoms with Crippen LogP contribution in [0.1, 0.15) is 125 Å². The maximum absolute atomic E-state index is 13.4. The zero-order valence-electron chi connectivity index (χ0n) is 27.9. The number of hydrogen-bond donors (Lipinski definition) is 2. The first kappa shape index (κ1) is 31.6. The van der Waals surface area contributed by atoms with Gasteiger partial charge in [-0.3, -0.25) is 10.1 Å². The Kier molecular flexibility index (Phi) is 8.91. The zero-order chi connectivity index (χ0) is 30.6. The number of unbranched alkanes of at least 4 members (excludes halogenated alkanes) is 3. The van der Waals surface area contributed by atoms with Crippen LogP contribution in [0.4, 0.5) is 4.79 Å². The van der Waals surface area contributed by atoms with Crippen LogP contribution in [-0.2, 0) is 19.0 Å². The van der Waals surface area contributed by atoms with Gasteiger partial charge in [-0.1, -0.05) is 53.9 Å². The van der Waals surface area contributed by atoms with Crippen molar-refractivity contribution < 1.29 is 23.8 Å². The lowest BCUT2D eigenvalue weighted by molar-refractivity contribution is -0.184. The maximum atomic E-state index is 13.4. The number of ether oxygens (including phenoxy) is 3. The number of hydrogen-bond acceptors (Lipinski definition) is 6. The van der Waals surface area contributed by atoms with Crippen LogP contribution in [0.15, 0.2) is 0 Å². The summed E-state index contributed by atoms with van der Waals surface area (Å²) in [6.07, 6.45) is 14.2. The SMILES string of the molecule is CCCCCCNC(=O)O[C@@H]1CC2C(CC[C@H]3C[C@@H](OC(C)=O)CC[C@]23C)C2C[C@@H]3O[C@]4(CCC(C)CN4)[C@@H](C)C3[C@]21C. The number of rotatable bonds is 7. The molecule has 4 saturated carbocycles. The number of esters is 1. The average Bonchev–Trinajstić information content (AvgIpc) is 3.41. The molecule has 13 atom stereocenters. The van der Waals surface area contributed by atoms with E-state index in [1.54, 1.807) is 0 Å². The largest absolute Gasteiger partial charge is 0.463 e. The monoisotopic (exact) mass is 600 g/mol. The van der Waals surface area contributed by atoms with Gasteiger partial charge in [0.05, 0.1) is 6.10 Å². The van der Waals surface area contributed by atoms with E-state index < -0.39 is 0 Å². The molecule has 1 spiro atoms. The highest BCUT2D eigenvalue weighted by molar-refractivity contribution is 5.67. The van der Waals surface area contributed by atoms with Crippen LogP contribution in [0.3, 0.4) is 0 Å². The van der Waals surface area contributed by atoms with E-state index >= 15 is 0 Å². The molecular formula is C36H60N2O5. The van der Waals surface area contributed by atoms with E-state index in [0.29, 0.717) is 48.0 Å². The molecule has 6 fully saturated rings. The van der Waals surface area contributed by atoms with E-state index in [-0.39, 0.29) is 46.9 Å². The van der Waals surface area contributed by atoms with Gasteiger partial charge in [0.1, 0.15) is 17.9 Å². The highest BCUT2D eigenvalue weighted by Gasteiger charge is 2.72. The van der Waals surface area contributed by atoms with Gasteiger partial charge in [0.15, 0.2) is 0 Å². The van der Waals surface area contributed by atoms with Crippen molar-refractivity contribution in [1.29, 1.82) is 0 Å². The van der Waals surface area contributed by atoms with E-state index in [1.807, 2.05) is 0 Å². The fourth-order valence-corrected chi connectivity index (χ4v) is 11.8. The van der Waals surface area contributed by atoms with Crippen molar-refractivity contribution in [3.63, 3.8) is 0 Å². The second kappa shape index (κ2) is 12.1. The Bertz CT molecular complexity index is 1030. The van der Waals surface area contributed by atoms with E-state index in [0.717, 1.165) is 57.9 Å². The van der Waals surface area contributed by atoms with E-state index in [1.165, 1.54) is 39.0 Å². The van der Waals surface area contributed by atoms with Crippen LogP contribution >= 0.6 is 0 Å². The summed E-state index contributed by atoms with van der Waals surface area (Å²) in [6, 6.07) is 0. The Labute approximate surface area is 260 Å². The maximum Gasteiger partial charge on any atom is 0.407 e. The minimum atomic E-state index is -0.239. The van der Waals surface area contributed by atoms with Crippen LogP contribution in [0.2, 0.25) is 0 Å². The number of carbonyl (C=O) groups is 2. The van der Waals surface area contributed by atoms with Crippen molar-refractivity contribution >= 4 is 12.1 Å². The zero-order valence-corrected chi connectivity index (χ0v) is 27.9. The second-order valence-electron chi connectivity index (χ2n) is 16.3. The van der Waals surface area contributed by atoms with Crippen molar-refractivity contribution in [2.45, 2.75) is 149 Å². The number of carbonyl (C=O) groups excluding carboxylic acids is 2. The van der Waals surface area contributed by atoms with Crippen molar-refractivity contribution in [1.82, 2.24) is 10.6 Å². The molecule has 6 aliphatic rings. The lowest BCUT2D eigenvalue weighted by atomic mass is 9.43. The molecule has 0 aromatic rings. The van der Waals surface area contributed by atoms with Gasteiger partial charge in [-0.05, 0) is 99.2 Å². The predicted molar refractivity (Wildman–Crippen MR) is 167 cm³/mol. The molecule has 2 N–H and O–H groups in total. The smallest absolute Gasteiger partial charge is 0.407 e. The second-order valence-corrected chi connectivity index (χ2v) is 16.3. The van der Waals surface area contributed by atoms with Crippen molar-refractivity contribution in [3.05, 3.63) is 0 Å². The first-order valence-corrected chi connectivity index (χ1v) is 18.1. The van der Waals surface area contributed by atoms with Gasteiger partial charge in [-0.25, -0.2) is 4.79 Å². The lowest BCUT2D eigenvalue weighted by Gasteiger charge is -2.62. The molecule has 0 bridgehead atoms. The number of amides is 1. The summed E-state index contributed by atoms with van der Waals surface area (Å²) in [6.45, 7) is 15.2. The molecule has 2 aliphatic heterocycles. The van der Waals surface area contributed by atoms with Gasteiger partial charge in [0.25, 0.3) is 0 Å². The van der Waals surface area contributed by atoms with Gasteiger partial charge in [-0.2, -0.15) is 0 Å². The third kappa shape index (κ3) is 5.44. The summed E-state index contributed by atoms with van der Waals surface area (Å²) in [7, 11) is 0. The summed E-state index contributed by atoms with van der Waals surface area (Å²) in [5.41, 5.74) is -0.153. The molecule has 2 saturated heterocycles. The lowest BCUT2D eigenvalue weighted by Crippen LogP contribution is -2.61. The summed E-state index contributed by atoms with van der Waals surface area (Å²) >= 11 is 0. The average molecular weight is 601 g/mol. The van der Waals surface area contributed by atoms with E-state index in [9.17, 15) is 9.59 Å². The minimum Gasteiger partial charge on any atom is -0.463 e. The number of piperidine rings is 1. The summed E-state index contributed by atoms with van der Waals surface area (Å²) in [5.74, 6) is 3.48. The van der Waals surface area contributed by atoms with Gasteiger partial charge in [0.2, 0.25) is 0 Å². The summed E-state index contributed by atoms with van der Waals surface area (Å²) in [4.78, 5) is 25.2. The van der Waals surface area contributed by atoms with Crippen LogP contribution in [0, 0.1) is 52.3 Å². The Balaban J connectivity index is 1.26. The highest BCUT2D eigenvalue weighted by atomic mass is 16.6. The molecule has 0 radical (unpaired) electrons. The van der Waals surface area contributed by atoms with E-state index in [2.05, 4.69) is 45.3 Å². The first-order valence-electron chi connectivity index (χ1n) is 18.1. The van der Waals surface area contributed by atoms with Crippen molar-refractivity contribution in [2.75, 3.05) is 13.1 Å². The molecule has 4 aliphatic carbocycles. The van der Waals surface area contributed by atoms with Gasteiger partial charge >= 0.3 is 12.1 Å². The van der Waals surface area contributed by atoms with Gasteiger partial charge in [0, 0.05) is 37.3 Å². The Morgan fingerprint density at radius 1 is 0.953 bits per heavy atom. The van der Waals surface area contributed by atoms with E-state index in [4.69, 9.17) is 14.2 Å². The quantitative estimate of drug-likeness (QED) is 0.237. The molecular weight excluding hydrogens is 540 g/mol. The van der Waals surface area contributed by atoms with Crippen LogP contribution in [0.25, 0.3) is 0 Å². The summed E-state index contributed by atoms with van der Waals surface area (Å²) in [5, 5.41) is 7.00. The number of fused-ring (bicyclic) bond motifs is 7. The van der Waals surface area contributed by atoms with Crippen LogP contribution in [0.5, 0.6) is 0 Å². The third-order valence-corrected chi connectivity index (χ3v) is 14.1. The van der Waals surface area contributed by atoms with Gasteiger partial charge < -0.3 is 19.5 Å². The van der Waals surface area contributed by atoms with Crippen molar-refractivity contribution in [2.24, 2.45) is 52.3 Å². The number of nitrogens with one attached hydrogen (secondary N) is 2. The molecule has 7 heteroatoms. The Hall–Kier alpha value is -1.34. The molecule has 5 unspecified atom stereocenters. The standard InChI is InChI=1S/C36H60N2O5/c1-7-8-9-10-17-37-33(40)42-31-20-28-27(12-11-25-18-26(41-24(4)39)14-15-34(25,28)5)29-19-30-32(35(29,31)6)23(3)36(43-30)16-13-22(2)21-38-36/h22-23,25-32,38H,7-21H2,1-6H3,(H,37,40)/t22?,23-,25-,26-,27?,28?,29?,30-,31+,32?,34-,35+,36+/m0/s1. The Morgan fingerprint density at radius 3 is 2.49 bits per heavy atom. The normalized spacial score (nSPS) is 48.5. The minimum absolute atomic E-state index is 0.0495. The van der Waals surface area contributed by atoms with Crippen molar-refractivity contribution in [3.8, 4) is 0 Å². The molecule has 0 aromatic carbocycles. The number of alkyl carbamates (subject to hydrolysis) is 1. The molecule has 2 heterocycles. The third-order valence-electron chi connectivity index (χ3n) is 14.1. The fourth-order valence-electron chi connectivity index (χ4n) is 11.8. The molecule has 43 heavy (non-hydrogen) atoms. The molecule has 6 rings (SSSR count). The predicted octanol–water partition coefficient (Wildman–Crippen LogP) is 7.22. The topological polar surface area (TPSA) is 85.9 Å². The molecule has 0 aromatic heterocycles. The first-order chi connectivity index (χ1) is 20.5. The molecule has 244 valence electrons. The van der Waals surface area contributed by atoms with Gasteiger partial charge in [-0.15, -0.1) is 0 Å². The Morgan fingerprint density at radius 2 is 1.77 bits per heavy atom.